The molecule has 2 aromatic rings. The lowest BCUT2D eigenvalue weighted by Gasteiger charge is -2.34. The molecule has 3 rings (SSSR count). The van der Waals surface area contributed by atoms with Gasteiger partial charge in [-0.3, -0.25) is 9.78 Å². The second-order valence-electron chi connectivity index (χ2n) is 5.88. The molecule has 0 aliphatic carbocycles. The molecule has 1 amide bonds. The Balaban J connectivity index is 1.57. The summed E-state index contributed by atoms with van der Waals surface area (Å²) in [4.78, 5) is 26.6. The first-order valence-electron chi connectivity index (χ1n) is 8.21. The lowest BCUT2D eigenvalue weighted by atomic mass is 9.95. The average Bonchev–Trinajstić information content (AvgIpc) is 3.05. The summed E-state index contributed by atoms with van der Waals surface area (Å²) < 4.78 is 0.769. The van der Waals surface area contributed by atoms with Crippen LogP contribution in [0.15, 0.2) is 30.7 Å². The van der Waals surface area contributed by atoms with Gasteiger partial charge in [0.2, 0.25) is 5.91 Å². The molecule has 0 N–H and O–H groups in total. The van der Waals surface area contributed by atoms with Crippen molar-refractivity contribution in [3.05, 3.63) is 39.9 Å². The van der Waals surface area contributed by atoms with E-state index < -0.39 is 0 Å². The largest absolute Gasteiger partial charge is 0.355 e. The number of carbonyl (C=O) groups is 1. The zero-order chi connectivity index (χ0) is 16.9. The Hall–Kier alpha value is -1.66. The van der Waals surface area contributed by atoms with Crippen molar-refractivity contribution in [3.63, 3.8) is 0 Å². The maximum atomic E-state index is 12.8. The summed E-state index contributed by atoms with van der Waals surface area (Å²) >= 11 is 7.53. The van der Waals surface area contributed by atoms with Crippen LogP contribution in [0.3, 0.4) is 0 Å². The number of halogens is 1. The van der Waals surface area contributed by atoms with Crippen LogP contribution in [0.4, 0.5) is 5.82 Å². The molecule has 2 aromatic heterocycles. The second kappa shape index (κ2) is 7.94. The van der Waals surface area contributed by atoms with E-state index in [2.05, 4.69) is 14.9 Å². The van der Waals surface area contributed by atoms with E-state index in [1.54, 1.807) is 29.9 Å². The fourth-order valence-electron chi connectivity index (χ4n) is 3.04. The molecule has 1 aliphatic heterocycles. The first kappa shape index (κ1) is 17.2. The molecule has 0 aromatic carbocycles. The first-order valence-corrected chi connectivity index (χ1v) is 9.40. The highest BCUT2D eigenvalue weighted by Gasteiger charge is 2.28. The molecular weight excluding hydrogens is 344 g/mol. The topological polar surface area (TPSA) is 49.3 Å². The van der Waals surface area contributed by atoms with Gasteiger partial charge in [-0.1, -0.05) is 11.6 Å². The molecule has 3 heterocycles. The number of aromatic nitrogens is 2. The van der Waals surface area contributed by atoms with E-state index in [-0.39, 0.29) is 11.8 Å². The van der Waals surface area contributed by atoms with Crippen LogP contribution in [0.5, 0.6) is 0 Å². The number of amides is 1. The molecule has 5 nitrogen and oxygen atoms in total. The zero-order valence-corrected chi connectivity index (χ0v) is 15.3. The quantitative estimate of drug-likeness (QED) is 0.815. The first-order chi connectivity index (χ1) is 11.7. The Kier molecular flexibility index (Phi) is 5.68. The van der Waals surface area contributed by atoms with Gasteiger partial charge < -0.3 is 9.80 Å². The second-order valence-corrected chi connectivity index (χ2v) is 7.68. The van der Waals surface area contributed by atoms with Crippen LogP contribution in [0.25, 0.3) is 0 Å². The number of piperidine rings is 1. The highest BCUT2D eigenvalue weighted by Crippen LogP contribution is 2.26. The van der Waals surface area contributed by atoms with Crippen molar-refractivity contribution in [1.29, 1.82) is 0 Å². The number of thiophene rings is 1. The van der Waals surface area contributed by atoms with Crippen LogP contribution in [0.1, 0.15) is 24.6 Å². The Labute approximate surface area is 151 Å². The van der Waals surface area contributed by atoms with Crippen LogP contribution >= 0.6 is 22.9 Å². The summed E-state index contributed by atoms with van der Waals surface area (Å²) in [5.74, 6) is 1.23. The lowest BCUT2D eigenvalue weighted by Crippen LogP contribution is -2.42. The minimum Gasteiger partial charge on any atom is -0.355 e. The van der Waals surface area contributed by atoms with Crippen LogP contribution < -0.4 is 4.90 Å². The number of anilines is 1. The molecule has 0 radical (unpaired) electrons. The third-order valence-electron chi connectivity index (χ3n) is 4.39. The molecule has 0 bridgehead atoms. The minimum atomic E-state index is 0.0910. The molecule has 1 aliphatic rings. The maximum absolute atomic E-state index is 12.8. The third kappa shape index (κ3) is 4.05. The fraction of sp³-hybridized carbons (Fsp3) is 0.471. The molecule has 1 saturated heterocycles. The van der Waals surface area contributed by atoms with E-state index in [0.717, 1.165) is 47.5 Å². The smallest absolute Gasteiger partial charge is 0.226 e. The van der Waals surface area contributed by atoms with E-state index in [9.17, 15) is 4.79 Å². The van der Waals surface area contributed by atoms with E-state index in [0.29, 0.717) is 6.54 Å². The zero-order valence-electron chi connectivity index (χ0n) is 13.7. The Bertz CT molecular complexity index is 670. The van der Waals surface area contributed by atoms with Crippen LogP contribution in [-0.2, 0) is 11.3 Å². The Morgan fingerprint density at radius 3 is 2.75 bits per heavy atom. The predicted molar refractivity (Wildman–Crippen MR) is 97.4 cm³/mol. The highest BCUT2D eigenvalue weighted by molar-refractivity contribution is 7.16. The standard InChI is InChI=1S/C17H21ClN4OS/c1-2-21(12-14-3-4-15(18)24-14)17(23)13-5-9-22(10-6-13)16-11-19-7-8-20-16/h3-4,7-8,11,13H,2,5-6,9-10,12H2,1H3. The van der Waals surface area contributed by atoms with Gasteiger partial charge in [0.05, 0.1) is 17.1 Å². The number of carbonyl (C=O) groups excluding carboxylic acids is 1. The van der Waals surface area contributed by atoms with Gasteiger partial charge in [0.1, 0.15) is 5.82 Å². The van der Waals surface area contributed by atoms with Crippen molar-refractivity contribution in [2.45, 2.75) is 26.3 Å². The van der Waals surface area contributed by atoms with Crippen molar-refractivity contribution in [3.8, 4) is 0 Å². The summed E-state index contributed by atoms with van der Waals surface area (Å²) in [6.45, 7) is 5.09. The average molecular weight is 365 g/mol. The molecule has 0 spiro atoms. The van der Waals surface area contributed by atoms with Crippen molar-refractivity contribution >= 4 is 34.7 Å². The van der Waals surface area contributed by atoms with Gasteiger partial charge >= 0.3 is 0 Å². The van der Waals surface area contributed by atoms with Crippen LogP contribution in [0.2, 0.25) is 4.34 Å². The summed E-state index contributed by atoms with van der Waals surface area (Å²) in [6.07, 6.45) is 6.88. The van der Waals surface area contributed by atoms with E-state index in [1.807, 2.05) is 24.0 Å². The van der Waals surface area contributed by atoms with Crippen molar-refractivity contribution < 1.29 is 4.79 Å². The van der Waals surface area contributed by atoms with Gasteiger partial charge in [-0.25, -0.2) is 4.98 Å². The molecule has 1 fully saturated rings. The van der Waals surface area contributed by atoms with Crippen molar-refractivity contribution in [1.82, 2.24) is 14.9 Å². The monoisotopic (exact) mass is 364 g/mol. The van der Waals surface area contributed by atoms with Crippen LogP contribution in [-0.4, -0.2) is 40.4 Å². The summed E-state index contributed by atoms with van der Waals surface area (Å²) in [6, 6.07) is 3.89. The van der Waals surface area contributed by atoms with Gasteiger partial charge in [-0.15, -0.1) is 11.3 Å². The molecule has 24 heavy (non-hydrogen) atoms. The summed E-state index contributed by atoms with van der Waals surface area (Å²) in [7, 11) is 0. The molecule has 0 saturated carbocycles. The van der Waals surface area contributed by atoms with Crippen LogP contribution in [0, 0.1) is 5.92 Å². The number of hydrogen-bond acceptors (Lipinski definition) is 5. The van der Waals surface area contributed by atoms with E-state index >= 15 is 0 Å². The van der Waals surface area contributed by atoms with Crippen molar-refractivity contribution in [2.24, 2.45) is 5.92 Å². The molecule has 128 valence electrons. The summed E-state index contributed by atoms with van der Waals surface area (Å²) in [5.41, 5.74) is 0. The maximum Gasteiger partial charge on any atom is 0.226 e. The molecular formula is C17H21ClN4OS. The normalized spacial score (nSPS) is 15.5. The Morgan fingerprint density at radius 1 is 1.38 bits per heavy atom. The number of nitrogens with zero attached hydrogens (tertiary/aromatic N) is 4. The summed E-state index contributed by atoms with van der Waals surface area (Å²) in [5, 5.41) is 0. The molecule has 0 atom stereocenters. The van der Waals surface area contributed by atoms with Crippen molar-refractivity contribution in [2.75, 3.05) is 24.5 Å². The fourth-order valence-corrected chi connectivity index (χ4v) is 4.14. The molecule has 7 heteroatoms. The van der Waals surface area contributed by atoms with Gasteiger partial charge in [-0.2, -0.15) is 0 Å². The lowest BCUT2D eigenvalue weighted by molar-refractivity contribution is -0.136. The number of hydrogen-bond donors (Lipinski definition) is 0. The minimum absolute atomic E-state index is 0.0910. The van der Waals surface area contributed by atoms with E-state index in [1.165, 1.54) is 0 Å². The van der Waals surface area contributed by atoms with Gasteiger partial charge in [-0.05, 0) is 31.9 Å². The Morgan fingerprint density at radius 2 is 2.17 bits per heavy atom. The SMILES string of the molecule is CCN(Cc1ccc(Cl)s1)C(=O)C1CCN(c2cnccn2)CC1. The van der Waals surface area contributed by atoms with Gasteiger partial charge in [0.15, 0.2) is 0 Å². The van der Waals surface area contributed by atoms with Gasteiger partial charge in [0, 0.05) is 42.8 Å². The van der Waals surface area contributed by atoms with Gasteiger partial charge in [0.25, 0.3) is 0 Å². The highest BCUT2D eigenvalue weighted by atomic mass is 35.5. The molecule has 0 unspecified atom stereocenters. The predicted octanol–water partition coefficient (Wildman–Crippen LogP) is 3.46. The number of rotatable bonds is 5. The van der Waals surface area contributed by atoms with E-state index in [4.69, 9.17) is 11.6 Å². The third-order valence-corrected chi connectivity index (χ3v) is 5.60.